The molecule has 0 bridgehead atoms. The second-order valence-electron chi connectivity index (χ2n) is 7.62. The van der Waals surface area contributed by atoms with Crippen LogP contribution in [0.5, 0.6) is 0 Å². The summed E-state index contributed by atoms with van der Waals surface area (Å²) in [4.78, 5) is 46.7. The van der Waals surface area contributed by atoms with E-state index < -0.39 is 54.5 Å². The van der Waals surface area contributed by atoms with E-state index >= 15 is 0 Å². The van der Waals surface area contributed by atoms with Gasteiger partial charge in [0, 0.05) is 27.7 Å². The summed E-state index contributed by atoms with van der Waals surface area (Å²) in [6.45, 7) is 4.73. The Kier molecular flexibility index (Phi) is 9.04. The highest BCUT2D eigenvalue weighted by atomic mass is 16.7. The van der Waals surface area contributed by atoms with Crippen molar-refractivity contribution < 1.29 is 42.9 Å². The molecule has 1 aliphatic carbocycles. The van der Waals surface area contributed by atoms with E-state index in [0.717, 1.165) is 32.1 Å². The fourth-order valence-electron chi connectivity index (χ4n) is 3.80. The third-order valence-corrected chi connectivity index (χ3v) is 4.95. The smallest absolute Gasteiger partial charge is 0.303 e. The first-order valence-electron chi connectivity index (χ1n) is 10.2. The Morgan fingerprint density at radius 2 is 1.47 bits per heavy atom. The van der Waals surface area contributed by atoms with Crippen molar-refractivity contribution in [2.24, 2.45) is 0 Å². The van der Waals surface area contributed by atoms with Gasteiger partial charge in [0.05, 0.1) is 6.10 Å². The number of rotatable bonds is 7. The molecule has 1 heterocycles. The van der Waals surface area contributed by atoms with Gasteiger partial charge in [-0.2, -0.15) is 0 Å². The molecule has 0 aromatic carbocycles. The quantitative estimate of drug-likeness (QED) is 0.466. The molecule has 1 aliphatic heterocycles. The van der Waals surface area contributed by atoms with Crippen LogP contribution in [0.3, 0.4) is 0 Å². The Balaban J connectivity index is 2.34. The summed E-state index contributed by atoms with van der Waals surface area (Å²) in [5, 5.41) is 2.70. The number of hydrogen-bond donors (Lipinski definition) is 1. The molecule has 0 aromatic heterocycles. The van der Waals surface area contributed by atoms with Gasteiger partial charge in [-0.15, -0.1) is 0 Å². The van der Waals surface area contributed by atoms with E-state index in [9.17, 15) is 19.2 Å². The molecule has 2 rings (SSSR count). The van der Waals surface area contributed by atoms with E-state index in [1.807, 2.05) is 0 Å². The van der Waals surface area contributed by atoms with E-state index in [2.05, 4.69) is 5.32 Å². The van der Waals surface area contributed by atoms with E-state index in [4.69, 9.17) is 23.7 Å². The van der Waals surface area contributed by atoms with Crippen LogP contribution in [0.1, 0.15) is 59.8 Å². The Bertz CT molecular complexity index is 632. The second-order valence-corrected chi connectivity index (χ2v) is 7.62. The highest BCUT2D eigenvalue weighted by Gasteiger charge is 2.51. The predicted octanol–water partition coefficient (Wildman–Crippen LogP) is 0.992. The highest BCUT2D eigenvalue weighted by Crippen LogP contribution is 2.31. The number of ether oxygens (including phenoxy) is 5. The summed E-state index contributed by atoms with van der Waals surface area (Å²) in [6.07, 6.45) is 0.643. The molecule has 2 aliphatic rings. The van der Waals surface area contributed by atoms with Crippen molar-refractivity contribution in [1.29, 1.82) is 0 Å². The largest absolute Gasteiger partial charge is 0.463 e. The normalized spacial score (nSPS) is 29.5. The maximum atomic E-state index is 11.9. The third kappa shape index (κ3) is 7.24. The lowest BCUT2D eigenvalue weighted by molar-refractivity contribution is -0.289. The van der Waals surface area contributed by atoms with E-state index in [1.165, 1.54) is 27.7 Å². The zero-order chi connectivity index (χ0) is 22.3. The van der Waals surface area contributed by atoms with Gasteiger partial charge in [-0.25, -0.2) is 0 Å². The van der Waals surface area contributed by atoms with Gasteiger partial charge in [0.2, 0.25) is 5.91 Å². The van der Waals surface area contributed by atoms with Gasteiger partial charge >= 0.3 is 17.9 Å². The van der Waals surface area contributed by atoms with Crippen molar-refractivity contribution in [2.45, 2.75) is 96.5 Å². The molecule has 0 unspecified atom stereocenters. The lowest BCUT2D eigenvalue weighted by atomic mass is 9.94. The van der Waals surface area contributed by atoms with Gasteiger partial charge in [-0.3, -0.25) is 19.2 Å². The van der Waals surface area contributed by atoms with Crippen LogP contribution in [0.2, 0.25) is 0 Å². The molecule has 0 aromatic rings. The Hall–Kier alpha value is -2.20. The minimum Gasteiger partial charge on any atom is -0.463 e. The van der Waals surface area contributed by atoms with Crippen LogP contribution in [-0.2, 0) is 42.9 Å². The maximum absolute atomic E-state index is 11.9. The van der Waals surface area contributed by atoms with Crippen molar-refractivity contribution >= 4 is 23.8 Å². The molecule has 0 radical (unpaired) electrons. The Morgan fingerprint density at radius 1 is 0.867 bits per heavy atom. The van der Waals surface area contributed by atoms with Crippen LogP contribution in [0.15, 0.2) is 0 Å². The van der Waals surface area contributed by atoms with Gasteiger partial charge in [0.15, 0.2) is 18.5 Å². The number of carbonyl (C=O) groups is 4. The molecule has 0 spiro atoms. The Morgan fingerprint density at radius 3 is 2.00 bits per heavy atom. The first-order valence-corrected chi connectivity index (χ1v) is 10.2. The van der Waals surface area contributed by atoms with Crippen LogP contribution in [0.4, 0.5) is 0 Å². The average molecular weight is 429 g/mol. The number of esters is 3. The van der Waals surface area contributed by atoms with E-state index in [1.54, 1.807) is 0 Å². The molecule has 5 atom stereocenters. The molecule has 1 amide bonds. The first-order chi connectivity index (χ1) is 14.2. The van der Waals surface area contributed by atoms with Crippen molar-refractivity contribution in [3.63, 3.8) is 0 Å². The molecule has 10 heteroatoms. The van der Waals surface area contributed by atoms with E-state index in [-0.39, 0.29) is 12.7 Å². The molecule has 170 valence electrons. The maximum Gasteiger partial charge on any atom is 0.303 e. The fraction of sp³-hybridized carbons (Fsp3) is 0.800. The van der Waals surface area contributed by atoms with Gasteiger partial charge in [0.25, 0.3) is 0 Å². The lowest BCUT2D eigenvalue weighted by Crippen LogP contribution is -2.67. The molecule has 10 nitrogen and oxygen atoms in total. The fourth-order valence-corrected chi connectivity index (χ4v) is 3.80. The standard InChI is InChI=1S/C20H31NO9/c1-11(22)21-17-19(28-14(4)25)18(27-13(3)24)16(10-26-12(2)23)30-20(17)29-15-8-6-5-7-9-15/h15-20H,5-10H2,1-4H3,(H,21,22)/t16-,17-,18-,19-,20-/m1/s1. The number of amides is 1. The first kappa shape index (κ1) is 24.1. The number of carbonyl (C=O) groups excluding carboxylic acids is 4. The summed E-state index contributed by atoms with van der Waals surface area (Å²) in [6, 6.07) is -0.911. The molecule has 1 N–H and O–H groups in total. The summed E-state index contributed by atoms with van der Waals surface area (Å²) in [5.74, 6) is -2.20. The number of hydrogen-bond acceptors (Lipinski definition) is 9. The predicted molar refractivity (Wildman–Crippen MR) is 102 cm³/mol. The minimum atomic E-state index is -1.10. The second kappa shape index (κ2) is 11.3. The molecule has 30 heavy (non-hydrogen) atoms. The van der Waals surface area contributed by atoms with Crippen molar-refractivity contribution in [2.75, 3.05) is 6.61 Å². The summed E-state index contributed by atoms with van der Waals surface area (Å²) in [5.41, 5.74) is 0. The third-order valence-electron chi connectivity index (χ3n) is 4.95. The average Bonchev–Trinajstić information content (AvgIpc) is 2.64. The van der Waals surface area contributed by atoms with Crippen LogP contribution >= 0.6 is 0 Å². The van der Waals surface area contributed by atoms with Crippen LogP contribution in [-0.4, -0.2) is 67.2 Å². The SMILES string of the molecule is CC(=O)N[C@H]1[C@H](OC2CCCCC2)O[C@H](COC(C)=O)[C@@H](OC(C)=O)[C@@H]1OC(C)=O. The highest BCUT2D eigenvalue weighted by molar-refractivity contribution is 5.73. The minimum absolute atomic E-state index is 0.0855. The summed E-state index contributed by atoms with van der Waals surface area (Å²) >= 11 is 0. The van der Waals surface area contributed by atoms with Gasteiger partial charge < -0.3 is 29.0 Å². The van der Waals surface area contributed by atoms with Crippen molar-refractivity contribution in [3.8, 4) is 0 Å². The summed E-state index contributed by atoms with van der Waals surface area (Å²) < 4.78 is 28.0. The topological polar surface area (TPSA) is 126 Å². The molecule has 2 fully saturated rings. The van der Waals surface area contributed by atoms with Gasteiger partial charge in [0.1, 0.15) is 18.8 Å². The molecular weight excluding hydrogens is 398 g/mol. The Labute approximate surface area is 175 Å². The van der Waals surface area contributed by atoms with Crippen LogP contribution in [0.25, 0.3) is 0 Å². The van der Waals surface area contributed by atoms with Crippen LogP contribution in [0, 0.1) is 0 Å². The van der Waals surface area contributed by atoms with Crippen molar-refractivity contribution in [3.05, 3.63) is 0 Å². The zero-order valence-electron chi connectivity index (χ0n) is 17.9. The monoisotopic (exact) mass is 429 g/mol. The van der Waals surface area contributed by atoms with Crippen molar-refractivity contribution in [1.82, 2.24) is 5.32 Å². The van der Waals surface area contributed by atoms with Gasteiger partial charge in [-0.05, 0) is 12.8 Å². The lowest BCUT2D eigenvalue weighted by Gasteiger charge is -2.46. The molecular formula is C20H31NO9. The molecule has 1 saturated heterocycles. The van der Waals surface area contributed by atoms with Gasteiger partial charge in [-0.1, -0.05) is 19.3 Å². The summed E-state index contributed by atoms with van der Waals surface area (Å²) in [7, 11) is 0. The zero-order valence-corrected chi connectivity index (χ0v) is 17.9. The van der Waals surface area contributed by atoms with E-state index in [0.29, 0.717) is 0 Å². The molecule has 1 saturated carbocycles. The number of nitrogens with one attached hydrogen (secondary N) is 1. The van der Waals surface area contributed by atoms with Crippen LogP contribution < -0.4 is 5.32 Å².